The van der Waals surface area contributed by atoms with Crippen LogP contribution in [-0.2, 0) is 10.4 Å². The van der Waals surface area contributed by atoms with Crippen molar-refractivity contribution in [3.8, 4) is 0 Å². The summed E-state index contributed by atoms with van der Waals surface area (Å²) in [5, 5.41) is 7.30. The first-order valence-corrected chi connectivity index (χ1v) is 4.96. The molecule has 0 saturated carbocycles. The molecular formula is C11H15N3O. The molecule has 1 aromatic carbocycles. The van der Waals surface area contributed by atoms with Gasteiger partial charge in [0.1, 0.15) is 5.84 Å². The zero-order chi connectivity index (χ0) is 10.9. The van der Waals surface area contributed by atoms with Gasteiger partial charge < -0.3 is 10.6 Å². The Bertz CT molecular complexity index is 366. The summed E-state index contributed by atoms with van der Waals surface area (Å²) in [6.07, 6.45) is 0.951. The fraction of sp³-hybridized carbons (Fsp3) is 0.364. The van der Waals surface area contributed by atoms with E-state index in [0.717, 1.165) is 24.2 Å². The molecule has 4 heteroatoms. The van der Waals surface area contributed by atoms with Crippen LogP contribution in [0.4, 0.5) is 0 Å². The highest BCUT2D eigenvalue weighted by molar-refractivity contribution is 5.94. The van der Waals surface area contributed by atoms with Crippen molar-refractivity contribution in [2.75, 3.05) is 6.61 Å². The molecule has 1 aromatic rings. The molecule has 4 N–H and O–H groups in total. The third-order valence-electron chi connectivity index (χ3n) is 2.83. The van der Waals surface area contributed by atoms with Crippen molar-refractivity contribution in [3.05, 3.63) is 35.4 Å². The van der Waals surface area contributed by atoms with Crippen LogP contribution < -0.4 is 11.2 Å². The highest BCUT2D eigenvalue weighted by Crippen LogP contribution is 2.28. The Morgan fingerprint density at radius 3 is 2.60 bits per heavy atom. The molecule has 0 aromatic heterocycles. The van der Waals surface area contributed by atoms with Crippen LogP contribution in [0.15, 0.2) is 24.3 Å². The standard InChI is InChI=1S/C11H15N3O/c1-11(6-7-15-14-11)9-4-2-8(3-5-9)10(12)13/h2-5,14H,6-7H2,1H3,(H3,12,13). The van der Waals surface area contributed by atoms with Crippen molar-refractivity contribution in [2.45, 2.75) is 18.9 Å². The molecule has 15 heavy (non-hydrogen) atoms. The minimum atomic E-state index is -0.116. The van der Waals surface area contributed by atoms with E-state index >= 15 is 0 Å². The molecule has 1 unspecified atom stereocenters. The normalized spacial score (nSPS) is 25.4. The number of hydrogen-bond acceptors (Lipinski definition) is 3. The summed E-state index contributed by atoms with van der Waals surface area (Å²) in [5.74, 6) is 0.0994. The number of benzene rings is 1. The number of hydrogen-bond donors (Lipinski definition) is 3. The molecule has 0 aliphatic carbocycles. The third kappa shape index (κ3) is 1.86. The summed E-state index contributed by atoms with van der Waals surface area (Å²) in [5.41, 5.74) is 10.2. The summed E-state index contributed by atoms with van der Waals surface area (Å²) in [6.45, 7) is 2.83. The molecule has 80 valence electrons. The van der Waals surface area contributed by atoms with E-state index in [4.69, 9.17) is 16.0 Å². The first-order valence-electron chi connectivity index (χ1n) is 4.96. The summed E-state index contributed by atoms with van der Waals surface area (Å²) in [7, 11) is 0. The molecule has 1 heterocycles. The molecule has 0 bridgehead atoms. The van der Waals surface area contributed by atoms with Crippen LogP contribution in [0.2, 0.25) is 0 Å². The highest BCUT2D eigenvalue weighted by atomic mass is 16.7. The quantitative estimate of drug-likeness (QED) is 0.500. The minimum Gasteiger partial charge on any atom is -0.384 e. The predicted molar refractivity (Wildman–Crippen MR) is 58.5 cm³/mol. The van der Waals surface area contributed by atoms with Gasteiger partial charge in [-0.05, 0) is 18.9 Å². The fourth-order valence-electron chi connectivity index (χ4n) is 1.74. The van der Waals surface area contributed by atoms with Gasteiger partial charge in [-0.2, -0.15) is 5.48 Å². The zero-order valence-electron chi connectivity index (χ0n) is 8.71. The van der Waals surface area contributed by atoms with Gasteiger partial charge in [-0.25, -0.2) is 0 Å². The number of amidine groups is 1. The van der Waals surface area contributed by atoms with Gasteiger partial charge in [-0.3, -0.25) is 5.41 Å². The lowest BCUT2D eigenvalue weighted by atomic mass is 9.90. The fourth-order valence-corrected chi connectivity index (χ4v) is 1.74. The van der Waals surface area contributed by atoms with Gasteiger partial charge in [-0.1, -0.05) is 24.3 Å². The predicted octanol–water partition coefficient (Wildman–Crippen LogP) is 1.11. The largest absolute Gasteiger partial charge is 0.384 e. The molecule has 0 amide bonds. The summed E-state index contributed by atoms with van der Waals surface area (Å²) < 4.78 is 0. The maximum atomic E-state index is 7.30. The van der Waals surface area contributed by atoms with Crippen molar-refractivity contribution < 1.29 is 4.84 Å². The molecule has 1 aliphatic rings. The Labute approximate surface area is 88.9 Å². The van der Waals surface area contributed by atoms with Crippen LogP contribution in [0.5, 0.6) is 0 Å². The SMILES string of the molecule is CC1(c2ccc(C(=N)N)cc2)CCON1. The molecule has 4 nitrogen and oxygen atoms in total. The molecule has 0 spiro atoms. The second-order valence-electron chi connectivity index (χ2n) is 4.02. The van der Waals surface area contributed by atoms with Gasteiger partial charge in [0, 0.05) is 5.56 Å². The van der Waals surface area contributed by atoms with Crippen LogP contribution >= 0.6 is 0 Å². The lowest BCUT2D eigenvalue weighted by molar-refractivity contribution is 0.0654. The first-order chi connectivity index (χ1) is 7.12. The molecule has 0 radical (unpaired) electrons. The minimum absolute atomic E-state index is 0.0994. The molecule has 1 saturated heterocycles. The maximum Gasteiger partial charge on any atom is 0.122 e. The van der Waals surface area contributed by atoms with Crippen LogP contribution in [-0.4, -0.2) is 12.4 Å². The second kappa shape index (κ2) is 3.64. The van der Waals surface area contributed by atoms with Crippen LogP contribution in [0.1, 0.15) is 24.5 Å². The van der Waals surface area contributed by atoms with E-state index in [2.05, 4.69) is 12.4 Å². The van der Waals surface area contributed by atoms with E-state index in [1.807, 2.05) is 24.3 Å². The van der Waals surface area contributed by atoms with Crippen molar-refractivity contribution in [3.63, 3.8) is 0 Å². The Kier molecular flexibility index (Phi) is 2.46. The van der Waals surface area contributed by atoms with Gasteiger partial charge in [-0.15, -0.1) is 0 Å². The van der Waals surface area contributed by atoms with E-state index in [-0.39, 0.29) is 11.4 Å². The number of nitrogen functional groups attached to an aromatic ring is 1. The highest BCUT2D eigenvalue weighted by Gasteiger charge is 2.31. The van der Waals surface area contributed by atoms with Gasteiger partial charge >= 0.3 is 0 Å². The van der Waals surface area contributed by atoms with Crippen LogP contribution in [0.3, 0.4) is 0 Å². The van der Waals surface area contributed by atoms with Crippen molar-refractivity contribution >= 4 is 5.84 Å². The number of nitrogens with two attached hydrogens (primary N) is 1. The number of nitrogens with one attached hydrogen (secondary N) is 2. The molecule has 2 rings (SSSR count). The average molecular weight is 205 g/mol. The van der Waals surface area contributed by atoms with E-state index in [1.54, 1.807) is 0 Å². The maximum absolute atomic E-state index is 7.30. The van der Waals surface area contributed by atoms with Crippen LogP contribution in [0.25, 0.3) is 0 Å². The average Bonchev–Trinajstić information content (AvgIpc) is 2.67. The van der Waals surface area contributed by atoms with E-state index in [1.165, 1.54) is 0 Å². The molecular weight excluding hydrogens is 190 g/mol. The Morgan fingerprint density at radius 2 is 2.13 bits per heavy atom. The van der Waals surface area contributed by atoms with E-state index < -0.39 is 0 Å². The van der Waals surface area contributed by atoms with Crippen molar-refractivity contribution in [1.82, 2.24) is 5.48 Å². The van der Waals surface area contributed by atoms with Crippen molar-refractivity contribution in [1.29, 1.82) is 5.41 Å². The smallest absolute Gasteiger partial charge is 0.122 e. The summed E-state index contributed by atoms with van der Waals surface area (Å²) in [6, 6.07) is 7.70. The summed E-state index contributed by atoms with van der Waals surface area (Å²) in [4.78, 5) is 5.18. The lowest BCUT2D eigenvalue weighted by Gasteiger charge is -2.22. The summed E-state index contributed by atoms with van der Waals surface area (Å²) >= 11 is 0. The Morgan fingerprint density at radius 1 is 1.47 bits per heavy atom. The second-order valence-corrected chi connectivity index (χ2v) is 4.02. The lowest BCUT2D eigenvalue weighted by Crippen LogP contribution is -2.32. The topological polar surface area (TPSA) is 71.1 Å². The van der Waals surface area contributed by atoms with E-state index in [0.29, 0.717) is 0 Å². The number of hydroxylamine groups is 1. The Hall–Kier alpha value is -1.39. The monoisotopic (exact) mass is 205 g/mol. The van der Waals surface area contributed by atoms with Crippen molar-refractivity contribution in [2.24, 2.45) is 5.73 Å². The van der Waals surface area contributed by atoms with Gasteiger partial charge in [0.25, 0.3) is 0 Å². The number of rotatable bonds is 2. The molecule has 1 fully saturated rings. The molecule has 1 atom stereocenters. The van der Waals surface area contributed by atoms with Gasteiger partial charge in [0.2, 0.25) is 0 Å². The molecule has 1 aliphatic heterocycles. The Balaban J connectivity index is 2.26. The first kappa shape index (κ1) is 10.1. The van der Waals surface area contributed by atoms with E-state index in [9.17, 15) is 0 Å². The van der Waals surface area contributed by atoms with Gasteiger partial charge in [0.15, 0.2) is 0 Å². The van der Waals surface area contributed by atoms with Crippen LogP contribution in [0, 0.1) is 5.41 Å². The third-order valence-corrected chi connectivity index (χ3v) is 2.83. The zero-order valence-corrected chi connectivity index (χ0v) is 8.71. The van der Waals surface area contributed by atoms with Gasteiger partial charge in [0.05, 0.1) is 12.1 Å².